The highest BCUT2D eigenvalue weighted by Crippen LogP contribution is 2.23. The maximum atomic E-state index is 5.66. The molecular formula is C15H23N5S. The number of nitrogens with two attached hydrogens (primary N) is 1. The van der Waals surface area contributed by atoms with Crippen LogP contribution in [0.4, 0.5) is 11.9 Å². The molecule has 0 aliphatic heterocycles. The zero-order chi connectivity index (χ0) is 15.4. The minimum atomic E-state index is 0.268. The molecule has 3 N–H and O–H groups in total. The lowest BCUT2D eigenvalue weighted by Crippen LogP contribution is -2.21. The summed E-state index contributed by atoms with van der Waals surface area (Å²) in [5.74, 6) is 1.49. The van der Waals surface area contributed by atoms with Gasteiger partial charge in [-0.2, -0.15) is 15.0 Å². The Bertz CT molecular complexity index is 588. The number of aromatic nitrogens is 3. The predicted molar refractivity (Wildman–Crippen MR) is 88.8 cm³/mol. The van der Waals surface area contributed by atoms with Gasteiger partial charge in [-0.05, 0) is 51.7 Å². The summed E-state index contributed by atoms with van der Waals surface area (Å²) < 4.78 is 0. The van der Waals surface area contributed by atoms with Crippen molar-refractivity contribution in [2.75, 3.05) is 11.1 Å². The van der Waals surface area contributed by atoms with E-state index in [2.05, 4.69) is 47.1 Å². The van der Waals surface area contributed by atoms with Crippen LogP contribution >= 0.6 is 11.3 Å². The number of hydrogen-bond acceptors (Lipinski definition) is 6. The topological polar surface area (TPSA) is 76.7 Å². The van der Waals surface area contributed by atoms with Crippen molar-refractivity contribution in [2.45, 2.75) is 53.0 Å². The Labute approximate surface area is 130 Å². The molecule has 0 saturated heterocycles. The van der Waals surface area contributed by atoms with Gasteiger partial charge in [0, 0.05) is 15.8 Å². The Morgan fingerprint density at radius 1 is 1.24 bits per heavy atom. The van der Waals surface area contributed by atoms with Crippen LogP contribution in [0.3, 0.4) is 0 Å². The number of nitrogens with zero attached hydrogens (tertiary/aromatic N) is 3. The van der Waals surface area contributed by atoms with E-state index in [9.17, 15) is 0 Å². The van der Waals surface area contributed by atoms with Gasteiger partial charge in [-0.1, -0.05) is 6.92 Å². The van der Waals surface area contributed by atoms with Gasteiger partial charge in [0.1, 0.15) is 5.82 Å². The van der Waals surface area contributed by atoms with E-state index >= 15 is 0 Å². The summed E-state index contributed by atoms with van der Waals surface area (Å²) >= 11 is 1.89. The number of thiophene rings is 1. The molecular weight excluding hydrogens is 282 g/mol. The van der Waals surface area contributed by atoms with Gasteiger partial charge in [-0.25, -0.2) is 0 Å². The van der Waals surface area contributed by atoms with Gasteiger partial charge in [0.15, 0.2) is 0 Å². The number of aryl methyl sites for hydroxylation is 4. The lowest BCUT2D eigenvalue weighted by molar-refractivity contribution is 0.629. The van der Waals surface area contributed by atoms with Crippen LogP contribution in [0, 0.1) is 20.8 Å². The molecule has 0 bridgehead atoms. The summed E-state index contributed by atoms with van der Waals surface area (Å²) in [5.41, 5.74) is 7.06. The van der Waals surface area contributed by atoms with Gasteiger partial charge in [-0.3, -0.25) is 0 Å². The van der Waals surface area contributed by atoms with Gasteiger partial charge < -0.3 is 11.1 Å². The highest BCUT2D eigenvalue weighted by molar-refractivity contribution is 7.12. The molecule has 0 spiro atoms. The molecule has 5 nitrogen and oxygen atoms in total. The molecule has 0 radical (unpaired) electrons. The van der Waals surface area contributed by atoms with Gasteiger partial charge in [0.25, 0.3) is 0 Å². The number of nitrogens with one attached hydrogen (secondary N) is 1. The van der Waals surface area contributed by atoms with Crippen LogP contribution in [-0.2, 0) is 6.42 Å². The molecule has 1 atom stereocenters. The molecule has 0 fully saturated rings. The molecule has 0 aliphatic carbocycles. The van der Waals surface area contributed by atoms with E-state index in [0.29, 0.717) is 17.8 Å². The van der Waals surface area contributed by atoms with E-state index in [1.807, 2.05) is 18.3 Å². The molecule has 0 saturated carbocycles. The summed E-state index contributed by atoms with van der Waals surface area (Å²) in [5, 5.41) is 3.37. The van der Waals surface area contributed by atoms with Crippen molar-refractivity contribution in [1.29, 1.82) is 0 Å². The average Bonchev–Trinajstić information content (AvgIpc) is 2.71. The molecule has 0 amide bonds. The molecule has 2 rings (SSSR count). The number of nitrogen functional groups attached to an aromatic ring is 1. The quantitative estimate of drug-likeness (QED) is 0.856. The Morgan fingerprint density at radius 2 is 2.00 bits per heavy atom. The van der Waals surface area contributed by atoms with Crippen LogP contribution in [0.15, 0.2) is 6.07 Å². The van der Waals surface area contributed by atoms with Gasteiger partial charge in [0.2, 0.25) is 11.9 Å². The normalized spacial score (nSPS) is 12.4. The van der Waals surface area contributed by atoms with E-state index in [4.69, 9.17) is 5.73 Å². The first-order valence-electron chi connectivity index (χ1n) is 7.28. The third-order valence-corrected chi connectivity index (χ3v) is 4.67. The monoisotopic (exact) mass is 305 g/mol. The lowest BCUT2D eigenvalue weighted by atomic mass is 10.1. The van der Waals surface area contributed by atoms with Crippen molar-refractivity contribution in [3.05, 3.63) is 27.2 Å². The SMILES string of the molecule is CCC(CCc1sc(C)cc1C)Nc1nc(C)nc(N)n1. The highest BCUT2D eigenvalue weighted by Gasteiger charge is 2.11. The predicted octanol–water partition coefficient (Wildman–Crippen LogP) is 3.26. The summed E-state index contributed by atoms with van der Waals surface area (Å²) in [6, 6.07) is 2.60. The van der Waals surface area contributed by atoms with Crippen molar-refractivity contribution in [2.24, 2.45) is 0 Å². The van der Waals surface area contributed by atoms with Crippen LogP contribution in [0.5, 0.6) is 0 Å². The maximum Gasteiger partial charge on any atom is 0.227 e. The molecule has 114 valence electrons. The van der Waals surface area contributed by atoms with Crippen molar-refractivity contribution in [3.8, 4) is 0 Å². The Balaban J connectivity index is 1.98. The fourth-order valence-electron chi connectivity index (χ4n) is 2.37. The molecule has 2 aromatic rings. The third kappa shape index (κ3) is 4.39. The van der Waals surface area contributed by atoms with Crippen molar-refractivity contribution < 1.29 is 0 Å². The van der Waals surface area contributed by atoms with E-state index in [1.54, 1.807) is 0 Å². The molecule has 6 heteroatoms. The second-order valence-corrected chi connectivity index (χ2v) is 6.66. The first-order chi connectivity index (χ1) is 9.97. The summed E-state index contributed by atoms with van der Waals surface area (Å²) in [7, 11) is 0. The fraction of sp³-hybridized carbons (Fsp3) is 0.533. The Kier molecular flexibility index (Phi) is 5.12. The fourth-order valence-corrected chi connectivity index (χ4v) is 3.44. The van der Waals surface area contributed by atoms with Gasteiger partial charge >= 0.3 is 0 Å². The van der Waals surface area contributed by atoms with E-state index in [1.165, 1.54) is 15.3 Å². The van der Waals surface area contributed by atoms with Crippen LogP contribution in [0.1, 0.15) is 40.9 Å². The van der Waals surface area contributed by atoms with Crippen LogP contribution in [-0.4, -0.2) is 21.0 Å². The minimum Gasteiger partial charge on any atom is -0.368 e. The molecule has 0 aromatic carbocycles. The molecule has 1 unspecified atom stereocenters. The van der Waals surface area contributed by atoms with Gasteiger partial charge in [0.05, 0.1) is 0 Å². The second kappa shape index (κ2) is 6.85. The zero-order valence-electron chi connectivity index (χ0n) is 13.1. The number of hydrogen-bond donors (Lipinski definition) is 2. The Morgan fingerprint density at radius 3 is 2.57 bits per heavy atom. The van der Waals surface area contributed by atoms with E-state index < -0.39 is 0 Å². The van der Waals surface area contributed by atoms with Gasteiger partial charge in [-0.15, -0.1) is 11.3 Å². The number of anilines is 2. The minimum absolute atomic E-state index is 0.268. The molecule has 0 aliphatic rings. The third-order valence-electron chi connectivity index (χ3n) is 3.45. The summed E-state index contributed by atoms with van der Waals surface area (Å²) in [4.78, 5) is 15.3. The first kappa shape index (κ1) is 15.7. The smallest absolute Gasteiger partial charge is 0.227 e. The zero-order valence-corrected chi connectivity index (χ0v) is 13.9. The largest absolute Gasteiger partial charge is 0.368 e. The van der Waals surface area contributed by atoms with Crippen molar-refractivity contribution >= 4 is 23.2 Å². The van der Waals surface area contributed by atoms with Crippen LogP contribution < -0.4 is 11.1 Å². The van der Waals surface area contributed by atoms with Crippen LogP contribution in [0.25, 0.3) is 0 Å². The molecule has 2 heterocycles. The van der Waals surface area contributed by atoms with E-state index in [0.717, 1.165) is 19.3 Å². The molecule has 21 heavy (non-hydrogen) atoms. The summed E-state index contributed by atoms with van der Waals surface area (Å²) in [6.45, 7) is 8.33. The second-order valence-electron chi connectivity index (χ2n) is 5.32. The van der Waals surface area contributed by atoms with E-state index in [-0.39, 0.29) is 5.95 Å². The summed E-state index contributed by atoms with van der Waals surface area (Å²) in [6.07, 6.45) is 3.16. The van der Waals surface area contributed by atoms with Crippen LogP contribution in [0.2, 0.25) is 0 Å². The highest BCUT2D eigenvalue weighted by atomic mass is 32.1. The standard InChI is InChI=1S/C15H23N5S/c1-5-12(6-7-13-9(2)8-10(3)21-13)19-15-18-11(4)17-14(16)20-15/h8,12H,5-7H2,1-4H3,(H3,16,17,18,19,20). The first-order valence-corrected chi connectivity index (χ1v) is 8.10. The number of rotatable bonds is 6. The molecule has 2 aromatic heterocycles. The average molecular weight is 305 g/mol. The maximum absolute atomic E-state index is 5.66. The Hall–Kier alpha value is -1.69. The van der Waals surface area contributed by atoms with Crippen molar-refractivity contribution in [3.63, 3.8) is 0 Å². The lowest BCUT2D eigenvalue weighted by Gasteiger charge is -2.17. The van der Waals surface area contributed by atoms with Crippen molar-refractivity contribution in [1.82, 2.24) is 15.0 Å².